The Labute approximate surface area is 210 Å². The third-order valence-electron chi connectivity index (χ3n) is 7.04. The van der Waals surface area contributed by atoms with Gasteiger partial charge in [-0.15, -0.1) is 0 Å². The molecule has 11 heteroatoms. The summed E-state index contributed by atoms with van der Waals surface area (Å²) in [6, 6.07) is 4.02. The molecule has 0 amide bonds. The molecule has 0 aromatic carbocycles. The lowest BCUT2D eigenvalue weighted by molar-refractivity contribution is -0.144. The zero-order chi connectivity index (χ0) is 25.2. The predicted molar refractivity (Wildman–Crippen MR) is 138 cm³/mol. The van der Waals surface area contributed by atoms with Crippen LogP contribution in [0, 0.1) is 5.92 Å². The molecule has 5 heterocycles. The summed E-state index contributed by atoms with van der Waals surface area (Å²) < 4.78 is 12.4. The largest absolute Gasteiger partial charge is 0.469 e. The maximum atomic E-state index is 12.0. The van der Waals surface area contributed by atoms with Crippen molar-refractivity contribution < 1.29 is 14.3 Å². The van der Waals surface area contributed by atoms with Crippen molar-refractivity contribution in [2.24, 2.45) is 5.92 Å². The Morgan fingerprint density at radius 2 is 1.86 bits per heavy atom. The lowest BCUT2D eigenvalue weighted by Gasteiger charge is -2.31. The predicted octanol–water partition coefficient (Wildman–Crippen LogP) is 3.16. The summed E-state index contributed by atoms with van der Waals surface area (Å²) in [6.45, 7) is 7.31. The van der Waals surface area contributed by atoms with Crippen LogP contribution >= 0.6 is 0 Å². The van der Waals surface area contributed by atoms with Crippen LogP contribution in [-0.4, -0.2) is 77.2 Å². The summed E-state index contributed by atoms with van der Waals surface area (Å²) >= 11 is 0. The van der Waals surface area contributed by atoms with Gasteiger partial charge in [-0.1, -0.05) is 0 Å². The molecule has 2 aliphatic heterocycles. The second-order valence-corrected chi connectivity index (χ2v) is 9.69. The van der Waals surface area contributed by atoms with Gasteiger partial charge in [-0.05, 0) is 39.2 Å². The van der Waals surface area contributed by atoms with E-state index in [1.165, 1.54) is 7.11 Å². The van der Waals surface area contributed by atoms with Crippen LogP contribution in [0.1, 0.15) is 39.2 Å². The number of nitrogens with zero attached hydrogens (tertiary/aromatic N) is 7. The number of hydrogen-bond donors (Lipinski definition) is 1. The normalized spacial score (nSPS) is 18.9. The fourth-order valence-corrected chi connectivity index (χ4v) is 5.02. The number of methoxy groups -OCH3 is 2. The second kappa shape index (κ2) is 10.3. The molecule has 2 fully saturated rings. The van der Waals surface area contributed by atoms with Crippen molar-refractivity contribution in [1.29, 1.82) is 0 Å². The van der Waals surface area contributed by atoms with Gasteiger partial charge in [0.15, 0.2) is 5.82 Å². The van der Waals surface area contributed by atoms with Crippen molar-refractivity contribution in [1.82, 2.24) is 24.7 Å². The van der Waals surface area contributed by atoms with Gasteiger partial charge in [0.2, 0.25) is 5.95 Å². The zero-order valence-electron chi connectivity index (χ0n) is 21.3. The number of ether oxygens (including phenoxy) is 2. The van der Waals surface area contributed by atoms with Gasteiger partial charge in [0.25, 0.3) is 0 Å². The van der Waals surface area contributed by atoms with E-state index in [2.05, 4.69) is 38.9 Å². The van der Waals surface area contributed by atoms with Crippen LogP contribution in [0.25, 0.3) is 10.9 Å². The Morgan fingerprint density at radius 1 is 1.08 bits per heavy atom. The Balaban J connectivity index is 1.37. The molecule has 3 aromatic rings. The number of piperidine rings is 1. The van der Waals surface area contributed by atoms with Gasteiger partial charge in [0.1, 0.15) is 11.6 Å². The lowest BCUT2D eigenvalue weighted by atomic mass is 10.1. The van der Waals surface area contributed by atoms with Crippen LogP contribution in [0.5, 0.6) is 0 Å². The first-order valence-corrected chi connectivity index (χ1v) is 12.6. The average molecular weight is 495 g/mol. The maximum absolute atomic E-state index is 12.0. The molecule has 2 saturated heterocycles. The standard InChI is InChI=1S/C25H34N8O3/c1-16(2)33-20-13-22(27-14-19(20)23(30-33)32-10-6-17(15-32)24(34)36-4)28-21-5-9-26-25(29-21)31-11-7-18(35-3)8-12-31/h5,9,13-14,16-18H,6-8,10-12,15H2,1-4H3,(H,26,27,28,29). The molecule has 36 heavy (non-hydrogen) atoms. The van der Waals surface area contributed by atoms with Crippen LogP contribution in [0.4, 0.5) is 23.4 Å². The minimum Gasteiger partial charge on any atom is -0.469 e. The van der Waals surface area contributed by atoms with Gasteiger partial charge in [-0.3, -0.25) is 9.48 Å². The molecule has 1 unspecified atom stereocenters. The van der Waals surface area contributed by atoms with Crippen LogP contribution in [0.15, 0.2) is 24.5 Å². The molecule has 0 radical (unpaired) electrons. The number of nitrogens with one attached hydrogen (secondary N) is 1. The first kappa shape index (κ1) is 24.2. The average Bonchev–Trinajstić information content (AvgIpc) is 3.53. The van der Waals surface area contributed by atoms with Crippen molar-refractivity contribution in [3.63, 3.8) is 0 Å². The van der Waals surface area contributed by atoms with E-state index in [1.807, 2.05) is 23.0 Å². The van der Waals surface area contributed by atoms with Crippen LogP contribution in [-0.2, 0) is 14.3 Å². The van der Waals surface area contributed by atoms with E-state index in [1.54, 1.807) is 13.3 Å². The number of esters is 1. The Hall–Kier alpha value is -3.47. The number of rotatable bonds is 7. The number of pyridine rings is 1. The van der Waals surface area contributed by atoms with Crippen LogP contribution in [0.3, 0.4) is 0 Å². The van der Waals surface area contributed by atoms with E-state index in [0.29, 0.717) is 30.2 Å². The third-order valence-corrected chi connectivity index (χ3v) is 7.04. The van der Waals surface area contributed by atoms with E-state index in [9.17, 15) is 4.79 Å². The number of anilines is 4. The van der Waals surface area contributed by atoms with Crippen molar-refractivity contribution in [2.45, 2.75) is 45.3 Å². The number of carbonyl (C=O) groups excluding carboxylic acids is 1. The van der Waals surface area contributed by atoms with Gasteiger partial charge in [0, 0.05) is 57.8 Å². The van der Waals surface area contributed by atoms with Crippen LogP contribution in [0.2, 0.25) is 0 Å². The van der Waals surface area contributed by atoms with Crippen molar-refractivity contribution in [3.8, 4) is 0 Å². The third kappa shape index (κ3) is 4.79. The Bertz CT molecular complexity index is 1220. The molecule has 0 spiro atoms. The van der Waals surface area contributed by atoms with E-state index in [-0.39, 0.29) is 17.9 Å². The smallest absolute Gasteiger partial charge is 0.310 e. The highest BCUT2D eigenvalue weighted by atomic mass is 16.5. The number of carbonyl (C=O) groups is 1. The second-order valence-electron chi connectivity index (χ2n) is 9.69. The van der Waals surface area contributed by atoms with E-state index >= 15 is 0 Å². The van der Waals surface area contributed by atoms with Gasteiger partial charge in [0.05, 0.1) is 30.0 Å². The van der Waals surface area contributed by atoms with Crippen LogP contribution < -0.4 is 15.1 Å². The summed E-state index contributed by atoms with van der Waals surface area (Å²) in [5.74, 6) is 2.65. The highest BCUT2D eigenvalue weighted by molar-refractivity contribution is 5.92. The molecule has 0 saturated carbocycles. The number of fused-ring (bicyclic) bond motifs is 1. The molecule has 1 N–H and O–H groups in total. The molecule has 2 aliphatic rings. The molecule has 0 bridgehead atoms. The zero-order valence-corrected chi connectivity index (χ0v) is 21.3. The topological polar surface area (TPSA) is 111 Å². The van der Waals surface area contributed by atoms with Gasteiger partial charge < -0.3 is 24.6 Å². The maximum Gasteiger partial charge on any atom is 0.310 e. The monoisotopic (exact) mass is 494 g/mol. The molecule has 3 aromatic heterocycles. The van der Waals surface area contributed by atoms with E-state index in [4.69, 9.17) is 19.6 Å². The first-order valence-electron chi connectivity index (χ1n) is 12.6. The molecule has 192 valence electrons. The SMILES string of the molecule is COC(=O)C1CCN(c2nn(C(C)C)c3cc(Nc4ccnc(N5CCC(OC)CC5)n4)ncc23)C1. The lowest BCUT2D eigenvalue weighted by Crippen LogP contribution is -2.37. The summed E-state index contributed by atoms with van der Waals surface area (Å²) in [5.41, 5.74) is 0.981. The summed E-state index contributed by atoms with van der Waals surface area (Å²) in [6.07, 6.45) is 6.62. The van der Waals surface area contributed by atoms with Crippen molar-refractivity contribution >= 4 is 40.3 Å². The quantitative estimate of drug-likeness (QED) is 0.492. The first-order chi connectivity index (χ1) is 17.5. The fraction of sp³-hybridized carbons (Fsp3) is 0.560. The molecule has 0 aliphatic carbocycles. The summed E-state index contributed by atoms with van der Waals surface area (Å²) in [4.78, 5) is 30.2. The van der Waals surface area contributed by atoms with E-state index < -0.39 is 0 Å². The summed E-state index contributed by atoms with van der Waals surface area (Å²) in [5, 5.41) is 9.21. The molecule has 5 rings (SSSR count). The highest BCUT2D eigenvalue weighted by Gasteiger charge is 2.32. The minimum absolute atomic E-state index is 0.129. The molecular weight excluding hydrogens is 460 g/mol. The Morgan fingerprint density at radius 3 is 2.58 bits per heavy atom. The summed E-state index contributed by atoms with van der Waals surface area (Å²) in [7, 11) is 3.21. The minimum atomic E-state index is -0.165. The number of aromatic nitrogens is 5. The number of hydrogen-bond acceptors (Lipinski definition) is 10. The molecule has 1 atom stereocenters. The van der Waals surface area contributed by atoms with E-state index in [0.717, 1.165) is 55.6 Å². The highest BCUT2D eigenvalue weighted by Crippen LogP contribution is 2.33. The van der Waals surface area contributed by atoms with Gasteiger partial charge >= 0.3 is 5.97 Å². The van der Waals surface area contributed by atoms with Crippen molar-refractivity contribution in [3.05, 3.63) is 24.5 Å². The van der Waals surface area contributed by atoms with Gasteiger partial charge in [-0.25, -0.2) is 9.97 Å². The Kier molecular flexibility index (Phi) is 6.90. The van der Waals surface area contributed by atoms with Crippen molar-refractivity contribution in [2.75, 3.05) is 55.5 Å². The fourth-order valence-electron chi connectivity index (χ4n) is 5.02. The van der Waals surface area contributed by atoms with Gasteiger partial charge in [-0.2, -0.15) is 10.1 Å². The molecular formula is C25H34N8O3. The molecule has 11 nitrogen and oxygen atoms in total.